The molecule has 2 fully saturated rings. The molecule has 14 heavy (non-hydrogen) atoms. The summed E-state index contributed by atoms with van der Waals surface area (Å²) in [5.74, 6) is 2.40. The third kappa shape index (κ3) is 1.31. The highest BCUT2D eigenvalue weighted by molar-refractivity contribution is 5.22. The molecule has 2 rings (SSSR count). The number of nitrogens with zero attached hydrogens (tertiary/aromatic N) is 1. The van der Waals surface area contributed by atoms with Gasteiger partial charge < -0.3 is 0 Å². The van der Waals surface area contributed by atoms with Crippen LogP contribution in [0, 0.1) is 34.5 Å². The van der Waals surface area contributed by atoms with Crippen molar-refractivity contribution >= 4 is 0 Å². The normalized spacial score (nSPS) is 37.9. The molecule has 3 atom stereocenters. The maximum absolute atomic E-state index is 8.48. The molecule has 0 aromatic carbocycles. The minimum absolute atomic E-state index is 0.546. The molecule has 0 spiro atoms. The molecule has 0 aromatic heterocycles. The van der Waals surface area contributed by atoms with Crippen LogP contribution in [-0.4, -0.2) is 0 Å². The Bertz CT molecular complexity index is 350. The van der Waals surface area contributed by atoms with Crippen LogP contribution in [0.2, 0.25) is 0 Å². The Morgan fingerprint density at radius 1 is 1.43 bits per heavy atom. The van der Waals surface area contributed by atoms with Gasteiger partial charge in [-0.3, -0.25) is 0 Å². The number of hydrogen-bond acceptors (Lipinski definition) is 1. The summed E-state index contributed by atoms with van der Waals surface area (Å²) >= 11 is 0. The number of allylic oxidation sites excluding steroid dienone is 1. The fourth-order valence-electron chi connectivity index (χ4n) is 3.02. The predicted molar refractivity (Wildman–Crippen MR) is 56.4 cm³/mol. The van der Waals surface area contributed by atoms with Gasteiger partial charge in [0.1, 0.15) is 0 Å². The third-order valence-corrected chi connectivity index (χ3v) is 4.25. The van der Waals surface area contributed by atoms with E-state index in [1.165, 1.54) is 18.1 Å². The van der Waals surface area contributed by atoms with Crippen molar-refractivity contribution in [2.24, 2.45) is 23.2 Å². The van der Waals surface area contributed by atoms with Crippen LogP contribution in [0.4, 0.5) is 0 Å². The Balaban J connectivity index is 2.19. The lowest BCUT2D eigenvalue weighted by molar-refractivity contribution is 0.454. The summed E-state index contributed by atoms with van der Waals surface area (Å²) in [7, 11) is 0. The predicted octanol–water partition coefficient (Wildman–Crippen LogP) is 3.29. The maximum Gasteiger partial charge on any atom is 0.0996 e. The number of rotatable bonds is 0. The standard InChI is InChI=1S/C13H17N/c1-9-7-11-12(13(11,2)3)8-10(9)5-4-6-14/h4,9,11-12H,7-8H2,1-3H3. The molecular formula is C13H17N. The van der Waals surface area contributed by atoms with Crippen LogP contribution in [0.3, 0.4) is 0 Å². The Morgan fingerprint density at radius 3 is 2.79 bits per heavy atom. The molecule has 2 aliphatic rings. The first-order valence-electron chi connectivity index (χ1n) is 5.41. The molecule has 0 aromatic rings. The Labute approximate surface area is 86.1 Å². The summed E-state index contributed by atoms with van der Waals surface area (Å²) < 4.78 is 0. The maximum atomic E-state index is 8.48. The van der Waals surface area contributed by atoms with Crippen molar-refractivity contribution in [3.8, 4) is 6.07 Å². The van der Waals surface area contributed by atoms with E-state index in [4.69, 9.17) is 5.26 Å². The summed E-state index contributed by atoms with van der Waals surface area (Å²) in [6.45, 7) is 7.00. The number of hydrogen-bond donors (Lipinski definition) is 0. The van der Waals surface area contributed by atoms with Crippen LogP contribution >= 0.6 is 0 Å². The summed E-state index contributed by atoms with van der Waals surface area (Å²) in [5, 5.41) is 8.48. The Morgan fingerprint density at radius 2 is 2.14 bits per heavy atom. The highest BCUT2D eigenvalue weighted by Gasteiger charge is 2.59. The van der Waals surface area contributed by atoms with Crippen LogP contribution in [0.15, 0.2) is 17.4 Å². The number of fused-ring (bicyclic) bond motifs is 1. The van der Waals surface area contributed by atoms with Crippen molar-refractivity contribution < 1.29 is 0 Å². The van der Waals surface area contributed by atoms with E-state index >= 15 is 0 Å². The molecule has 0 radical (unpaired) electrons. The highest BCUT2D eigenvalue weighted by atomic mass is 14.6. The number of nitriles is 1. The summed E-state index contributed by atoms with van der Waals surface area (Å²) in [6.07, 6.45) is 3.96. The van der Waals surface area contributed by atoms with Crippen LogP contribution in [0.1, 0.15) is 33.6 Å². The van der Waals surface area contributed by atoms with Gasteiger partial charge in [0.15, 0.2) is 0 Å². The fourth-order valence-corrected chi connectivity index (χ4v) is 3.02. The van der Waals surface area contributed by atoms with Crippen LogP contribution in [-0.2, 0) is 0 Å². The fraction of sp³-hybridized carbons (Fsp3) is 0.692. The van der Waals surface area contributed by atoms with Crippen molar-refractivity contribution in [1.29, 1.82) is 5.26 Å². The van der Waals surface area contributed by atoms with Gasteiger partial charge in [-0.1, -0.05) is 20.8 Å². The second-order valence-corrected chi connectivity index (χ2v) is 5.32. The van der Waals surface area contributed by atoms with Gasteiger partial charge in [-0.25, -0.2) is 0 Å². The lowest BCUT2D eigenvalue weighted by Crippen LogP contribution is -2.07. The zero-order chi connectivity index (χ0) is 10.3. The molecule has 74 valence electrons. The first-order valence-corrected chi connectivity index (χ1v) is 5.41. The topological polar surface area (TPSA) is 23.8 Å². The van der Waals surface area contributed by atoms with Gasteiger partial charge in [0, 0.05) is 0 Å². The van der Waals surface area contributed by atoms with E-state index in [1.807, 2.05) is 6.07 Å². The molecule has 2 aliphatic carbocycles. The van der Waals surface area contributed by atoms with Crippen molar-refractivity contribution in [3.05, 3.63) is 17.4 Å². The second-order valence-electron chi connectivity index (χ2n) is 5.32. The molecule has 0 aliphatic heterocycles. The van der Waals surface area contributed by atoms with Crippen LogP contribution in [0.25, 0.3) is 0 Å². The van der Waals surface area contributed by atoms with E-state index < -0.39 is 0 Å². The summed E-state index contributed by atoms with van der Waals surface area (Å²) in [6, 6.07) is 2.03. The second kappa shape index (κ2) is 3.01. The van der Waals surface area contributed by atoms with Gasteiger partial charge in [0.05, 0.1) is 12.1 Å². The summed E-state index contributed by atoms with van der Waals surface area (Å²) in [5.41, 5.74) is 5.05. The molecular weight excluding hydrogens is 170 g/mol. The van der Waals surface area contributed by atoms with Crippen molar-refractivity contribution in [2.75, 3.05) is 0 Å². The lowest BCUT2D eigenvalue weighted by atomic mass is 9.86. The Hall–Kier alpha value is -0.990. The van der Waals surface area contributed by atoms with Crippen molar-refractivity contribution in [3.63, 3.8) is 0 Å². The zero-order valence-electron chi connectivity index (χ0n) is 9.17. The van der Waals surface area contributed by atoms with Crippen LogP contribution < -0.4 is 0 Å². The monoisotopic (exact) mass is 187 g/mol. The van der Waals surface area contributed by atoms with Gasteiger partial charge in [0.25, 0.3) is 0 Å². The molecule has 0 bridgehead atoms. The van der Waals surface area contributed by atoms with E-state index in [1.54, 1.807) is 0 Å². The van der Waals surface area contributed by atoms with Crippen molar-refractivity contribution in [1.82, 2.24) is 0 Å². The van der Waals surface area contributed by atoms with E-state index in [-0.39, 0.29) is 0 Å². The van der Waals surface area contributed by atoms with Gasteiger partial charge in [0.2, 0.25) is 0 Å². The SMILES string of the molecule is CC1CC2C(CC1=C=CC#N)C2(C)C. The van der Waals surface area contributed by atoms with Crippen LogP contribution in [0.5, 0.6) is 0 Å². The molecule has 1 heteroatoms. The molecule has 0 N–H and O–H groups in total. The van der Waals surface area contributed by atoms with Crippen molar-refractivity contribution in [2.45, 2.75) is 33.6 Å². The minimum atomic E-state index is 0.546. The van der Waals surface area contributed by atoms with Gasteiger partial charge in [-0.05, 0) is 41.6 Å². The molecule has 1 nitrogen and oxygen atoms in total. The van der Waals surface area contributed by atoms with E-state index in [9.17, 15) is 0 Å². The van der Waals surface area contributed by atoms with E-state index in [2.05, 4.69) is 26.5 Å². The summed E-state index contributed by atoms with van der Waals surface area (Å²) in [4.78, 5) is 0. The zero-order valence-corrected chi connectivity index (χ0v) is 9.17. The first kappa shape index (κ1) is 9.56. The molecule has 0 saturated heterocycles. The minimum Gasteiger partial charge on any atom is -0.192 e. The quantitative estimate of drug-likeness (QED) is 0.421. The molecule has 2 saturated carbocycles. The third-order valence-electron chi connectivity index (χ3n) is 4.25. The molecule has 0 amide bonds. The van der Waals surface area contributed by atoms with E-state index in [0.29, 0.717) is 11.3 Å². The largest absolute Gasteiger partial charge is 0.192 e. The average Bonchev–Trinajstić information content (AvgIpc) is 2.65. The molecule has 0 heterocycles. The molecule has 3 unspecified atom stereocenters. The van der Waals surface area contributed by atoms with Gasteiger partial charge >= 0.3 is 0 Å². The van der Waals surface area contributed by atoms with E-state index in [0.717, 1.165) is 18.3 Å². The first-order chi connectivity index (χ1) is 6.57. The van der Waals surface area contributed by atoms with Gasteiger partial charge in [-0.15, -0.1) is 5.73 Å². The average molecular weight is 187 g/mol. The smallest absolute Gasteiger partial charge is 0.0996 e. The van der Waals surface area contributed by atoms with Gasteiger partial charge in [-0.2, -0.15) is 5.26 Å². The lowest BCUT2D eigenvalue weighted by Gasteiger charge is -2.18. The Kier molecular flexibility index (Phi) is 2.05. The highest BCUT2D eigenvalue weighted by Crippen LogP contribution is 2.66.